The Kier molecular flexibility index (Phi) is 4.80. The van der Waals surface area contributed by atoms with Gasteiger partial charge in [0.25, 0.3) is 0 Å². The van der Waals surface area contributed by atoms with Crippen LogP contribution in [-0.4, -0.2) is 11.6 Å². The van der Waals surface area contributed by atoms with Crippen molar-refractivity contribution in [3.05, 3.63) is 59.4 Å². The lowest BCUT2D eigenvalue weighted by Gasteiger charge is -2.13. The zero-order valence-corrected chi connectivity index (χ0v) is 11.2. The maximum atomic E-state index is 12.7. The minimum absolute atomic E-state index is 0.0258. The van der Waals surface area contributed by atoms with Gasteiger partial charge in [-0.05, 0) is 35.9 Å². The molecule has 1 heterocycles. The van der Waals surface area contributed by atoms with Gasteiger partial charge in [-0.15, -0.1) is 0 Å². The average molecular weight is 296 g/mol. The Morgan fingerprint density at radius 1 is 1.14 bits per heavy atom. The Bertz CT molecular complexity index is 585. The number of ether oxygens (including phenoxy) is 1. The summed E-state index contributed by atoms with van der Waals surface area (Å²) < 4.78 is 43.7. The van der Waals surface area contributed by atoms with Gasteiger partial charge < -0.3 is 10.5 Å². The fourth-order valence-corrected chi connectivity index (χ4v) is 1.92. The second kappa shape index (κ2) is 6.58. The maximum Gasteiger partial charge on any atom is 0.416 e. The van der Waals surface area contributed by atoms with Gasteiger partial charge in [-0.3, -0.25) is 4.98 Å². The molecular formula is C15H15F3N2O. The summed E-state index contributed by atoms with van der Waals surface area (Å²) in [5.41, 5.74) is 5.54. The van der Waals surface area contributed by atoms with Crippen molar-refractivity contribution < 1.29 is 17.9 Å². The monoisotopic (exact) mass is 296 g/mol. The Morgan fingerprint density at radius 3 is 2.57 bits per heavy atom. The van der Waals surface area contributed by atoms with E-state index >= 15 is 0 Å². The van der Waals surface area contributed by atoms with Crippen LogP contribution in [-0.2, 0) is 19.1 Å². The Balaban J connectivity index is 2.01. The molecule has 0 aliphatic carbocycles. The number of alkyl halides is 3. The number of aromatic nitrogens is 1. The number of halogens is 3. The highest BCUT2D eigenvalue weighted by Gasteiger charge is 2.32. The highest BCUT2D eigenvalue weighted by molar-refractivity contribution is 5.37. The van der Waals surface area contributed by atoms with Gasteiger partial charge in [0.05, 0.1) is 12.2 Å². The third-order valence-electron chi connectivity index (χ3n) is 2.96. The number of hydrogen-bond donors (Lipinski definition) is 1. The smallest absolute Gasteiger partial charge is 0.416 e. The quantitative estimate of drug-likeness (QED) is 0.922. The first-order valence-corrected chi connectivity index (χ1v) is 6.43. The van der Waals surface area contributed by atoms with Crippen molar-refractivity contribution >= 4 is 0 Å². The number of nitrogens with zero attached hydrogens (tertiary/aromatic N) is 1. The van der Waals surface area contributed by atoms with E-state index in [1.54, 1.807) is 6.20 Å². The summed E-state index contributed by atoms with van der Waals surface area (Å²) in [5.74, 6) is 0.374. The van der Waals surface area contributed by atoms with Gasteiger partial charge in [-0.2, -0.15) is 13.2 Å². The molecule has 0 aliphatic heterocycles. The van der Waals surface area contributed by atoms with Gasteiger partial charge in [0.15, 0.2) is 0 Å². The fourth-order valence-electron chi connectivity index (χ4n) is 1.92. The summed E-state index contributed by atoms with van der Waals surface area (Å²) >= 11 is 0. The molecule has 3 nitrogen and oxygen atoms in total. The number of hydrogen-bond acceptors (Lipinski definition) is 3. The molecule has 6 heteroatoms. The number of nitrogens with two attached hydrogens (primary N) is 1. The zero-order valence-electron chi connectivity index (χ0n) is 11.2. The second-order valence-electron chi connectivity index (χ2n) is 4.44. The van der Waals surface area contributed by atoms with Crippen molar-refractivity contribution in [1.82, 2.24) is 4.98 Å². The minimum atomic E-state index is -4.40. The summed E-state index contributed by atoms with van der Waals surface area (Å²) in [4.78, 5) is 4.14. The first-order chi connectivity index (χ1) is 10.0. The van der Waals surface area contributed by atoms with Crippen LogP contribution in [0.2, 0.25) is 0 Å². The van der Waals surface area contributed by atoms with E-state index in [4.69, 9.17) is 10.5 Å². The summed E-state index contributed by atoms with van der Waals surface area (Å²) in [7, 11) is 0. The highest BCUT2D eigenvalue weighted by Crippen LogP contribution is 2.33. The highest BCUT2D eigenvalue weighted by atomic mass is 19.4. The molecule has 0 atom stereocenters. The predicted octanol–water partition coefficient (Wildman–Crippen LogP) is 3.18. The molecule has 0 saturated carbocycles. The van der Waals surface area contributed by atoms with Gasteiger partial charge in [-0.1, -0.05) is 6.07 Å². The molecule has 2 aromatic rings. The van der Waals surface area contributed by atoms with Crippen LogP contribution in [0.3, 0.4) is 0 Å². The topological polar surface area (TPSA) is 48.1 Å². The average Bonchev–Trinajstić information content (AvgIpc) is 2.47. The molecule has 21 heavy (non-hydrogen) atoms. The Morgan fingerprint density at radius 2 is 1.95 bits per heavy atom. The van der Waals surface area contributed by atoms with E-state index in [2.05, 4.69) is 4.98 Å². The van der Waals surface area contributed by atoms with Crippen molar-refractivity contribution in [2.24, 2.45) is 5.73 Å². The summed E-state index contributed by atoms with van der Waals surface area (Å²) in [5, 5.41) is 0. The van der Waals surface area contributed by atoms with Gasteiger partial charge in [-0.25, -0.2) is 0 Å². The van der Waals surface area contributed by atoms with Gasteiger partial charge >= 0.3 is 6.18 Å². The van der Waals surface area contributed by atoms with Crippen LogP contribution in [0.25, 0.3) is 0 Å². The standard InChI is InChI=1S/C15H15F3N2O/c16-15(17,18)14-5-4-13(9-11(14)10-19)21-8-6-12-3-1-2-7-20-12/h1-5,7,9H,6,8,10,19H2. The van der Waals surface area contributed by atoms with E-state index in [1.807, 2.05) is 18.2 Å². The van der Waals surface area contributed by atoms with E-state index < -0.39 is 11.7 Å². The lowest BCUT2D eigenvalue weighted by atomic mass is 10.1. The summed E-state index contributed by atoms with van der Waals surface area (Å²) in [6.45, 7) is 0.151. The first kappa shape index (κ1) is 15.3. The van der Waals surface area contributed by atoms with E-state index in [0.717, 1.165) is 11.8 Å². The Labute approximate surface area is 120 Å². The molecule has 0 amide bonds. The van der Waals surface area contributed by atoms with Crippen LogP contribution in [0.5, 0.6) is 5.75 Å². The van der Waals surface area contributed by atoms with Gasteiger partial charge in [0.2, 0.25) is 0 Å². The second-order valence-corrected chi connectivity index (χ2v) is 4.44. The van der Waals surface area contributed by atoms with Crippen molar-refractivity contribution in [1.29, 1.82) is 0 Å². The van der Waals surface area contributed by atoms with Crippen LogP contribution >= 0.6 is 0 Å². The van der Waals surface area contributed by atoms with E-state index in [1.165, 1.54) is 12.1 Å². The first-order valence-electron chi connectivity index (χ1n) is 6.43. The van der Waals surface area contributed by atoms with Crippen LogP contribution in [0, 0.1) is 0 Å². The molecule has 1 aromatic carbocycles. The molecular weight excluding hydrogens is 281 g/mol. The SMILES string of the molecule is NCc1cc(OCCc2ccccn2)ccc1C(F)(F)F. The fraction of sp³-hybridized carbons (Fsp3) is 0.267. The van der Waals surface area contributed by atoms with Crippen LogP contribution in [0.15, 0.2) is 42.6 Å². The third kappa shape index (κ3) is 4.19. The minimum Gasteiger partial charge on any atom is -0.493 e. The van der Waals surface area contributed by atoms with Crippen molar-refractivity contribution in [2.75, 3.05) is 6.61 Å². The summed E-state index contributed by atoms with van der Waals surface area (Å²) in [6, 6.07) is 9.18. The van der Waals surface area contributed by atoms with Gasteiger partial charge in [0, 0.05) is 24.9 Å². The molecule has 2 N–H and O–H groups in total. The number of rotatable bonds is 5. The van der Waals surface area contributed by atoms with E-state index in [9.17, 15) is 13.2 Å². The molecule has 0 aliphatic rings. The molecule has 112 valence electrons. The van der Waals surface area contributed by atoms with Crippen molar-refractivity contribution in [3.8, 4) is 5.75 Å². The number of pyridine rings is 1. The molecule has 2 rings (SSSR count). The zero-order chi connectivity index (χ0) is 15.3. The normalized spacial score (nSPS) is 11.4. The summed E-state index contributed by atoms with van der Waals surface area (Å²) in [6.07, 6.45) is -2.14. The van der Waals surface area contributed by atoms with Crippen molar-refractivity contribution in [3.63, 3.8) is 0 Å². The van der Waals surface area contributed by atoms with Crippen LogP contribution in [0.4, 0.5) is 13.2 Å². The molecule has 0 spiro atoms. The molecule has 0 fully saturated rings. The molecule has 0 saturated heterocycles. The molecule has 0 bridgehead atoms. The van der Waals surface area contributed by atoms with E-state index in [-0.39, 0.29) is 12.1 Å². The Hall–Kier alpha value is -2.08. The molecule has 1 aromatic heterocycles. The lowest BCUT2D eigenvalue weighted by Crippen LogP contribution is -2.12. The van der Waals surface area contributed by atoms with Gasteiger partial charge in [0.1, 0.15) is 5.75 Å². The maximum absolute atomic E-state index is 12.7. The van der Waals surface area contributed by atoms with Crippen molar-refractivity contribution in [2.45, 2.75) is 19.1 Å². The predicted molar refractivity (Wildman–Crippen MR) is 72.8 cm³/mol. The lowest BCUT2D eigenvalue weighted by molar-refractivity contribution is -0.138. The van der Waals surface area contributed by atoms with E-state index in [0.29, 0.717) is 18.8 Å². The third-order valence-corrected chi connectivity index (χ3v) is 2.96. The largest absolute Gasteiger partial charge is 0.493 e. The number of benzene rings is 1. The van der Waals surface area contributed by atoms with Crippen LogP contribution < -0.4 is 10.5 Å². The molecule has 0 radical (unpaired) electrons. The van der Waals surface area contributed by atoms with Crippen LogP contribution in [0.1, 0.15) is 16.8 Å². The molecule has 0 unspecified atom stereocenters.